The standard InChI is InChI=1S/C15H20BrNO2/c1-17(13-5-3-4-6-13)10-12-8-7-11(9-14(12)16)15(18)19-2/h7-9,13H,3-6,10H2,1-2H3. The molecular weight excluding hydrogens is 306 g/mol. The van der Waals surface area contributed by atoms with Crippen LogP contribution in [0.25, 0.3) is 0 Å². The van der Waals surface area contributed by atoms with Gasteiger partial charge in [0, 0.05) is 17.1 Å². The van der Waals surface area contributed by atoms with E-state index in [0.717, 1.165) is 11.0 Å². The molecule has 0 aliphatic heterocycles. The largest absolute Gasteiger partial charge is 0.465 e. The van der Waals surface area contributed by atoms with Crippen LogP contribution in [0.3, 0.4) is 0 Å². The van der Waals surface area contributed by atoms with Crippen molar-refractivity contribution in [1.82, 2.24) is 4.90 Å². The number of esters is 1. The zero-order chi connectivity index (χ0) is 13.8. The number of hydrogen-bond acceptors (Lipinski definition) is 3. The summed E-state index contributed by atoms with van der Waals surface area (Å²) in [6.45, 7) is 0.909. The maximum Gasteiger partial charge on any atom is 0.337 e. The lowest BCUT2D eigenvalue weighted by Gasteiger charge is -2.24. The SMILES string of the molecule is COC(=O)c1ccc(CN(C)C2CCCC2)c(Br)c1. The average molecular weight is 326 g/mol. The molecule has 0 bridgehead atoms. The van der Waals surface area contributed by atoms with E-state index in [0.29, 0.717) is 11.6 Å². The Balaban J connectivity index is 2.06. The quantitative estimate of drug-likeness (QED) is 0.792. The fraction of sp³-hybridized carbons (Fsp3) is 0.533. The van der Waals surface area contributed by atoms with Crippen LogP contribution in [0.5, 0.6) is 0 Å². The smallest absolute Gasteiger partial charge is 0.337 e. The van der Waals surface area contributed by atoms with Crippen molar-refractivity contribution in [2.24, 2.45) is 0 Å². The van der Waals surface area contributed by atoms with Crippen molar-refractivity contribution in [3.05, 3.63) is 33.8 Å². The molecule has 3 nitrogen and oxygen atoms in total. The van der Waals surface area contributed by atoms with Crippen LogP contribution in [-0.4, -0.2) is 31.1 Å². The minimum absolute atomic E-state index is 0.295. The molecule has 0 aromatic heterocycles. The minimum Gasteiger partial charge on any atom is -0.465 e. The molecule has 0 spiro atoms. The van der Waals surface area contributed by atoms with E-state index in [1.54, 1.807) is 0 Å². The maximum absolute atomic E-state index is 11.5. The van der Waals surface area contributed by atoms with Gasteiger partial charge in [-0.15, -0.1) is 0 Å². The van der Waals surface area contributed by atoms with Crippen molar-refractivity contribution in [3.63, 3.8) is 0 Å². The molecule has 0 amide bonds. The number of rotatable bonds is 4. The highest BCUT2D eigenvalue weighted by molar-refractivity contribution is 9.10. The molecule has 104 valence electrons. The molecule has 4 heteroatoms. The summed E-state index contributed by atoms with van der Waals surface area (Å²) in [5, 5.41) is 0. The molecule has 1 saturated carbocycles. The van der Waals surface area contributed by atoms with E-state index in [4.69, 9.17) is 4.74 Å². The Hall–Kier alpha value is -0.870. The molecule has 0 heterocycles. The monoisotopic (exact) mass is 325 g/mol. The van der Waals surface area contributed by atoms with Crippen LogP contribution in [0.4, 0.5) is 0 Å². The highest BCUT2D eigenvalue weighted by Gasteiger charge is 2.20. The molecule has 0 saturated heterocycles. The predicted octanol–water partition coefficient (Wildman–Crippen LogP) is 3.61. The van der Waals surface area contributed by atoms with Gasteiger partial charge in [0.25, 0.3) is 0 Å². The second kappa shape index (κ2) is 6.53. The second-order valence-electron chi connectivity index (χ2n) is 5.15. The number of carbonyl (C=O) groups is 1. The summed E-state index contributed by atoms with van der Waals surface area (Å²) in [7, 11) is 3.58. The Morgan fingerprint density at radius 2 is 2.11 bits per heavy atom. The van der Waals surface area contributed by atoms with Crippen LogP contribution >= 0.6 is 15.9 Å². The van der Waals surface area contributed by atoms with Gasteiger partial charge in [-0.05, 0) is 37.6 Å². The van der Waals surface area contributed by atoms with Gasteiger partial charge in [-0.3, -0.25) is 4.90 Å². The highest BCUT2D eigenvalue weighted by Crippen LogP contribution is 2.26. The number of ether oxygens (including phenoxy) is 1. The zero-order valence-electron chi connectivity index (χ0n) is 11.5. The Morgan fingerprint density at radius 1 is 1.42 bits per heavy atom. The number of hydrogen-bond donors (Lipinski definition) is 0. The van der Waals surface area contributed by atoms with Gasteiger partial charge in [-0.25, -0.2) is 4.79 Å². The first-order valence-corrected chi connectivity index (χ1v) is 7.48. The van der Waals surface area contributed by atoms with Gasteiger partial charge in [0.05, 0.1) is 12.7 Å². The third-order valence-corrected chi connectivity index (χ3v) is 4.58. The molecule has 19 heavy (non-hydrogen) atoms. The van der Waals surface area contributed by atoms with Crippen LogP contribution in [0.15, 0.2) is 22.7 Å². The van der Waals surface area contributed by atoms with Crippen molar-refractivity contribution in [2.75, 3.05) is 14.2 Å². The molecule has 1 fully saturated rings. The van der Waals surface area contributed by atoms with Crippen LogP contribution < -0.4 is 0 Å². The van der Waals surface area contributed by atoms with Crippen LogP contribution in [-0.2, 0) is 11.3 Å². The van der Waals surface area contributed by atoms with E-state index in [1.165, 1.54) is 38.4 Å². The molecule has 1 aromatic carbocycles. The molecule has 0 N–H and O–H groups in total. The molecule has 2 rings (SSSR count). The van der Waals surface area contributed by atoms with Gasteiger partial charge in [0.1, 0.15) is 0 Å². The highest BCUT2D eigenvalue weighted by atomic mass is 79.9. The first-order valence-electron chi connectivity index (χ1n) is 6.69. The summed E-state index contributed by atoms with van der Waals surface area (Å²) in [4.78, 5) is 13.9. The van der Waals surface area contributed by atoms with Gasteiger partial charge >= 0.3 is 5.97 Å². The minimum atomic E-state index is -0.295. The van der Waals surface area contributed by atoms with E-state index < -0.39 is 0 Å². The Morgan fingerprint density at radius 3 is 2.68 bits per heavy atom. The zero-order valence-corrected chi connectivity index (χ0v) is 13.1. The summed E-state index contributed by atoms with van der Waals surface area (Å²) >= 11 is 3.55. The summed E-state index contributed by atoms with van der Waals surface area (Å²) in [5.74, 6) is -0.295. The van der Waals surface area contributed by atoms with Crippen molar-refractivity contribution < 1.29 is 9.53 Å². The van der Waals surface area contributed by atoms with Crippen LogP contribution in [0, 0.1) is 0 Å². The topological polar surface area (TPSA) is 29.5 Å². The van der Waals surface area contributed by atoms with Crippen molar-refractivity contribution in [3.8, 4) is 0 Å². The van der Waals surface area contributed by atoms with Gasteiger partial charge in [0.2, 0.25) is 0 Å². The molecule has 0 radical (unpaired) electrons. The molecule has 1 aliphatic carbocycles. The number of carbonyl (C=O) groups excluding carboxylic acids is 1. The van der Waals surface area contributed by atoms with E-state index in [1.807, 2.05) is 18.2 Å². The predicted molar refractivity (Wildman–Crippen MR) is 79.2 cm³/mol. The van der Waals surface area contributed by atoms with Crippen molar-refractivity contribution in [1.29, 1.82) is 0 Å². The number of halogens is 1. The lowest BCUT2D eigenvalue weighted by atomic mass is 10.1. The van der Waals surface area contributed by atoms with E-state index in [-0.39, 0.29) is 5.97 Å². The van der Waals surface area contributed by atoms with E-state index in [2.05, 4.69) is 27.9 Å². The van der Waals surface area contributed by atoms with Crippen molar-refractivity contribution in [2.45, 2.75) is 38.3 Å². The van der Waals surface area contributed by atoms with E-state index >= 15 is 0 Å². The molecule has 1 aromatic rings. The first-order chi connectivity index (χ1) is 9.11. The normalized spacial score (nSPS) is 16.0. The summed E-state index contributed by atoms with van der Waals surface area (Å²) < 4.78 is 5.70. The van der Waals surface area contributed by atoms with E-state index in [9.17, 15) is 4.79 Å². The maximum atomic E-state index is 11.5. The first kappa shape index (κ1) is 14.5. The molecule has 0 unspecified atom stereocenters. The van der Waals surface area contributed by atoms with Gasteiger partial charge in [-0.1, -0.05) is 34.8 Å². The molecule has 0 atom stereocenters. The Labute approximate surface area is 123 Å². The van der Waals surface area contributed by atoms with Crippen molar-refractivity contribution >= 4 is 21.9 Å². The molecule has 1 aliphatic rings. The van der Waals surface area contributed by atoms with Crippen LogP contribution in [0.2, 0.25) is 0 Å². The number of methoxy groups -OCH3 is 1. The van der Waals surface area contributed by atoms with Gasteiger partial charge in [0.15, 0.2) is 0 Å². The second-order valence-corrected chi connectivity index (χ2v) is 6.01. The Bertz CT molecular complexity index is 455. The third-order valence-electron chi connectivity index (χ3n) is 3.84. The number of benzene rings is 1. The lowest BCUT2D eigenvalue weighted by molar-refractivity contribution is 0.0600. The van der Waals surface area contributed by atoms with Gasteiger partial charge in [-0.2, -0.15) is 0 Å². The lowest BCUT2D eigenvalue weighted by Crippen LogP contribution is -2.28. The summed E-state index contributed by atoms with van der Waals surface area (Å²) in [6.07, 6.45) is 5.29. The number of nitrogens with zero attached hydrogens (tertiary/aromatic N) is 1. The molecular formula is C15H20BrNO2. The Kier molecular flexibility index (Phi) is 4.99. The summed E-state index contributed by atoms with van der Waals surface area (Å²) in [6, 6.07) is 6.37. The fourth-order valence-corrected chi connectivity index (χ4v) is 3.17. The third kappa shape index (κ3) is 3.57. The van der Waals surface area contributed by atoms with Gasteiger partial charge < -0.3 is 4.74 Å². The van der Waals surface area contributed by atoms with Crippen LogP contribution in [0.1, 0.15) is 41.6 Å². The summed E-state index contributed by atoms with van der Waals surface area (Å²) in [5.41, 5.74) is 1.80. The average Bonchev–Trinajstić information content (AvgIpc) is 2.94. The fourth-order valence-electron chi connectivity index (χ4n) is 2.66.